The van der Waals surface area contributed by atoms with Gasteiger partial charge in [0.15, 0.2) is 11.5 Å². The first kappa shape index (κ1) is 9.27. The second-order valence-electron chi connectivity index (χ2n) is 3.19. The Kier molecular flexibility index (Phi) is 2.54. The lowest BCUT2D eigenvalue weighted by atomic mass is 10.1. The zero-order valence-corrected chi connectivity index (χ0v) is 7.75. The van der Waals surface area contributed by atoms with Crippen LogP contribution < -0.4 is 15.2 Å². The van der Waals surface area contributed by atoms with Crippen molar-refractivity contribution in [3.8, 4) is 11.5 Å². The summed E-state index contributed by atoms with van der Waals surface area (Å²) in [4.78, 5) is 0. The number of fused-ring (bicyclic) bond motifs is 1. The van der Waals surface area contributed by atoms with Gasteiger partial charge in [-0.2, -0.15) is 0 Å². The van der Waals surface area contributed by atoms with Crippen LogP contribution in [0, 0.1) is 5.82 Å². The van der Waals surface area contributed by atoms with Gasteiger partial charge in [0, 0.05) is 6.07 Å². The summed E-state index contributed by atoms with van der Waals surface area (Å²) in [6, 6.07) is 3.06. The van der Waals surface area contributed by atoms with Gasteiger partial charge in [-0.25, -0.2) is 4.39 Å². The number of aryl methyl sites for hydroxylation is 1. The summed E-state index contributed by atoms with van der Waals surface area (Å²) in [6.45, 7) is 0.739. The van der Waals surface area contributed by atoms with Crippen LogP contribution in [0.1, 0.15) is 12.0 Å². The number of halogens is 1. The Hall–Kier alpha value is -1.29. The SMILES string of the molecule is NCCCc1cc2c(cc1F)OCO2. The zero-order valence-electron chi connectivity index (χ0n) is 7.75. The lowest BCUT2D eigenvalue weighted by molar-refractivity contribution is 0.174. The molecular formula is C10H12FNO2. The highest BCUT2D eigenvalue weighted by molar-refractivity contribution is 5.45. The summed E-state index contributed by atoms with van der Waals surface area (Å²) < 4.78 is 23.6. The zero-order chi connectivity index (χ0) is 9.97. The number of hydrogen-bond donors (Lipinski definition) is 1. The maximum atomic E-state index is 13.4. The van der Waals surface area contributed by atoms with E-state index in [1.165, 1.54) is 6.07 Å². The number of nitrogens with two attached hydrogens (primary N) is 1. The van der Waals surface area contributed by atoms with Crippen LogP contribution in [0.5, 0.6) is 11.5 Å². The highest BCUT2D eigenvalue weighted by atomic mass is 19.1. The summed E-state index contributed by atoms with van der Waals surface area (Å²) in [6.07, 6.45) is 1.41. The van der Waals surface area contributed by atoms with Crippen molar-refractivity contribution in [2.45, 2.75) is 12.8 Å². The van der Waals surface area contributed by atoms with E-state index in [2.05, 4.69) is 0 Å². The van der Waals surface area contributed by atoms with Crippen molar-refractivity contribution < 1.29 is 13.9 Å². The van der Waals surface area contributed by atoms with Crippen molar-refractivity contribution in [2.24, 2.45) is 5.73 Å². The Morgan fingerprint density at radius 3 is 2.71 bits per heavy atom. The first-order valence-corrected chi connectivity index (χ1v) is 4.59. The Labute approximate surface area is 81.6 Å². The molecule has 4 heteroatoms. The highest BCUT2D eigenvalue weighted by Gasteiger charge is 2.16. The second kappa shape index (κ2) is 3.84. The average molecular weight is 197 g/mol. The van der Waals surface area contributed by atoms with Crippen molar-refractivity contribution in [2.75, 3.05) is 13.3 Å². The first-order valence-electron chi connectivity index (χ1n) is 4.59. The lowest BCUT2D eigenvalue weighted by Gasteiger charge is -2.03. The van der Waals surface area contributed by atoms with Crippen molar-refractivity contribution in [3.63, 3.8) is 0 Å². The van der Waals surface area contributed by atoms with E-state index in [4.69, 9.17) is 15.2 Å². The Morgan fingerprint density at radius 1 is 1.29 bits per heavy atom. The summed E-state index contributed by atoms with van der Waals surface area (Å²) in [5, 5.41) is 0. The van der Waals surface area contributed by atoms with Gasteiger partial charge in [-0.15, -0.1) is 0 Å². The molecule has 0 aromatic heterocycles. The van der Waals surface area contributed by atoms with Crippen molar-refractivity contribution in [3.05, 3.63) is 23.5 Å². The van der Waals surface area contributed by atoms with E-state index in [0.717, 1.165) is 6.42 Å². The third-order valence-electron chi connectivity index (χ3n) is 2.19. The van der Waals surface area contributed by atoms with Crippen LogP contribution in [0.3, 0.4) is 0 Å². The topological polar surface area (TPSA) is 44.5 Å². The minimum absolute atomic E-state index is 0.176. The van der Waals surface area contributed by atoms with Crippen LogP contribution in [0.15, 0.2) is 12.1 Å². The lowest BCUT2D eigenvalue weighted by Crippen LogP contribution is -2.01. The van der Waals surface area contributed by atoms with Gasteiger partial charge in [-0.1, -0.05) is 0 Å². The number of rotatable bonds is 3. The molecule has 0 saturated heterocycles. The van der Waals surface area contributed by atoms with Crippen molar-refractivity contribution in [1.82, 2.24) is 0 Å². The standard InChI is InChI=1S/C10H12FNO2/c11-8-5-10-9(13-6-14-10)4-7(8)2-1-3-12/h4-5H,1-3,6,12H2. The van der Waals surface area contributed by atoms with E-state index in [1.54, 1.807) is 6.07 Å². The molecule has 0 atom stereocenters. The molecule has 0 amide bonds. The molecule has 1 aliphatic rings. The number of ether oxygens (including phenoxy) is 2. The van der Waals surface area contributed by atoms with E-state index < -0.39 is 0 Å². The molecule has 1 heterocycles. The monoisotopic (exact) mass is 197 g/mol. The minimum atomic E-state index is -0.247. The molecule has 1 aromatic rings. The van der Waals surface area contributed by atoms with E-state index in [1.807, 2.05) is 0 Å². The average Bonchev–Trinajstić information content (AvgIpc) is 2.61. The smallest absolute Gasteiger partial charge is 0.231 e. The predicted octanol–water partition coefficient (Wildman–Crippen LogP) is 1.45. The summed E-state index contributed by atoms with van der Waals surface area (Å²) in [7, 11) is 0. The molecule has 76 valence electrons. The van der Waals surface area contributed by atoms with Gasteiger partial charge in [0.25, 0.3) is 0 Å². The van der Waals surface area contributed by atoms with Crippen LogP contribution in [0.2, 0.25) is 0 Å². The van der Waals surface area contributed by atoms with Crippen LogP contribution in [-0.4, -0.2) is 13.3 Å². The third kappa shape index (κ3) is 1.65. The predicted molar refractivity (Wildman–Crippen MR) is 49.9 cm³/mol. The van der Waals surface area contributed by atoms with Gasteiger partial charge in [0.1, 0.15) is 5.82 Å². The second-order valence-corrected chi connectivity index (χ2v) is 3.19. The first-order chi connectivity index (χ1) is 6.81. The fourth-order valence-corrected chi connectivity index (χ4v) is 1.44. The maximum absolute atomic E-state index is 13.4. The fourth-order valence-electron chi connectivity index (χ4n) is 1.44. The normalized spacial score (nSPS) is 13.3. The van der Waals surface area contributed by atoms with Crippen LogP contribution in [0.25, 0.3) is 0 Å². The van der Waals surface area contributed by atoms with E-state index >= 15 is 0 Å². The van der Waals surface area contributed by atoms with E-state index in [0.29, 0.717) is 30.0 Å². The molecule has 0 fully saturated rings. The molecule has 14 heavy (non-hydrogen) atoms. The molecule has 1 aromatic carbocycles. The third-order valence-corrected chi connectivity index (χ3v) is 2.19. The van der Waals surface area contributed by atoms with Gasteiger partial charge in [0.05, 0.1) is 0 Å². The molecule has 0 spiro atoms. The quantitative estimate of drug-likeness (QED) is 0.797. The van der Waals surface area contributed by atoms with Crippen LogP contribution in [-0.2, 0) is 6.42 Å². The van der Waals surface area contributed by atoms with Crippen LogP contribution in [0.4, 0.5) is 4.39 Å². The molecule has 2 N–H and O–H groups in total. The van der Waals surface area contributed by atoms with E-state index in [9.17, 15) is 4.39 Å². The number of benzene rings is 1. The summed E-state index contributed by atoms with van der Waals surface area (Å²) in [5.41, 5.74) is 6.00. The molecule has 0 unspecified atom stereocenters. The Morgan fingerprint density at radius 2 is 2.00 bits per heavy atom. The molecular weight excluding hydrogens is 185 g/mol. The van der Waals surface area contributed by atoms with Crippen molar-refractivity contribution in [1.29, 1.82) is 0 Å². The van der Waals surface area contributed by atoms with Crippen LogP contribution >= 0.6 is 0 Å². The van der Waals surface area contributed by atoms with Gasteiger partial charge in [0.2, 0.25) is 6.79 Å². The molecule has 0 aliphatic carbocycles. The van der Waals surface area contributed by atoms with Gasteiger partial charge >= 0.3 is 0 Å². The maximum Gasteiger partial charge on any atom is 0.231 e. The summed E-state index contributed by atoms with van der Waals surface area (Å²) in [5.74, 6) is 0.861. The molecule has 0 bridgehead atoms. The number of hydrogen-bond acceptors (Lipinski definition) is 3. The molecule has 0 radical (unpaired) electrons. The molecule has 1 aliphatic heterocycles. The van der Waals surface area contributed by atoms with Gasteiger partial charge in [-0.3, -0.25) is 0 Å². The van der Waals surface area contributed by atoms with E-state index in [-0.39, 0.29) is 12.6 Å². The minimum Gasteiger partial charge on any atom is -0.454 e. The molecule has 3 nitrogen and oxygen atoms in total. The Balaban J connectivity index is 2.23. The fraction of sp³-hybridized carbons (Fsp3) is 0.400. The highest BCUT2D eigenvalue weighted by Crippen LogP contribution is 2.34. The molecule has 2 rings (SSSR count). The van der Waals surface area contributed by atoms with Gasteiger partial charge in [-0.05, 0) is 31.0 Å². The van der Waals surface area contributed by atoms with Crippen molar-refractivity contribution >= 4 is 0 Å². The Bertz CT molecular complexity index is 341. The summed E-state index contributed by atoms with van der Waals surface area (Å²) >= 11 is 0. The molecule has 0 saturated carbocycles. The van der Waals surface area contributed by atoms with Gasteiger partial charge < -0.3 is 15.2 Å². The largest absolute Gasteiger partial charge is 0.454 e.